The number of sulfonamides is 1. The van der Waals surface area contributed by atoms with Gasteiger partial charge in [-0.3, -0.25) is 9.10 Å². The van der Waals surface area contributed by atoms with Gasteiger partial charge in [0.25, 0.3) is 15.9 Å². The van der Waals surface area contributed by atoms with Crippen molar-refractivity contribution in [1.29, 1.82) is 0 Å². The van der Waals surface area contributed by atoms with Crippen LogP contribution in [0.1, 0.15) is 5.56 Å². The maximum absolute atomic E-state index is 13.2. The van der Waals surface area contributed by atoms with Crippen LogP contribution in [0, 0.1) is 0 Å². The van der Waals surface area contributed by atoms with E-state index in [1.165, 1.54) is 24.4 Å². The number of anilines is 1. The Morgan fingerprint density at radius 2 is 1.67 bits per heavy atom. The Morgan fingerprint density at radius 3 is 2.37 bits per heavy atom. The Kier molecular flexibility index (Phi) is 7.10. The molecule has 0 unspecified atom stereocenters. The summed E-state index contributed by atoms with van der Waals surface area (Å²) in [6.45, 7) is -0.489. The molecule has 154 valence electrons. The second-order valence-electron chi connectivity index (χ2n) is 6.12. The molecule has 0 radical (unpaired) electrons. The quantitative estimate of drug-likeness (QED) is 0.419. The van der Waals surface area contributed by atoms with Crippen molar-refractivity contribution in [2.75, 3.05) is 10.8 Å². The Morgan fingerprint density at radius 1 is 0.967 bits per heavy atom. The second kappa shape index (κ2) is 9.75. The Bertz CT molecular complexity index is 1170. The van der Waals surface area contributed by atoms with Crippen LogP contribution < -0.4 is 9.73 Å². The fourth-order valence-electron chi connectivity index (χ4n) is 2.59. The molecule has 9 heteroatoms. The lowest BCUT2D eigenvalue weighted by Crippen LogP contribution is -2.39. The van der Waals surface area contributed by atoms with Crippen LogP contribution in [0.3, 0.4) is 0 Å². The summed E-state index contributed by atoms with van der Waals surface area (Å²) in [4.78, 5) is 12.5. The third-order valence-corrected chi connectivity index (χ3v) is 6.38. The van der Waals surface area contributed by atoms with Crippen LogP contribution in [0.25, 0.3) is 0 Å². The van der Waals surface area contributed by atoms with Gasteiger partial charge >= 0.3 is 0 Å². The lowest BCUT2D eigenvalue weighted by molar-refractivity contribution is -0.119. The smallest absolute Gasteiger partial charge is 0.264 e. The van der Waals surface area contributed by atoms with E-state index in [-0.39, 0.29) is 10.6 Å². The molecule has 1 amide bonds. The highest BCUT2D eigenvalue weighted by Crippen LogP contribution is 2.25. The van der Waals surface area contributed by atoms with E-state index in [0.717, 1.165) is 4.31 Å². The van der Waals surface area contributed by atoms with Gasteiger partial charge in [-0.05, 0) is 36.4 Å². The number of halogens is 2. The zero-order valence-corrected chi connectivity index (χ0v) is 17.9. The van der Waals surface area contributed by atoms with Gasteiger partial charge in [0.1, 0.15) is 6.54 Å². The zero-order chi connectivity index (χ0) is 21.6. The lowest BCUT2D eigenvalue weighted by Gasteiger charge is -2.23. The van der Waals surface area contributed by atoms with Crippen molar-refractivity contribution in [3.63, 3.8) is 0 Å². The highest BCUT2D eigenvalue weighted by atomic mass is 35.5. The molecule has 0 saturated heterocycles. The number of hydrogen-bond acceptors (Lipinski definition) is 4. The third-order valence-electron chi connectivity index (χ3n) is 4.01. The molecule has 0 aliphatic rings. The minimum Gasteiger partial charge on any atom is -0.271 e. The summed E-state index contributed by atoms with van der Waals surface area (Å²) in [6, 6.07) is 21.1. The molecule has 0 spiro atoms. The van der Waals surface area contributed by atoms with Crippen molar-refractivity contribution in [3.05, 3.63) is 94.5 Å². The molecular formula is C21H17Cl2N3O3S. The minimum atomic E-state index is -4.01. The predicted octanol–water partition coefficient (Wildman–Crippen LogP) is 4.34. The third kappa shape index (κ3) is 5.38. The van der Waals surface area contributed by atoms with Crippen LogP contribution in [0.15, 0.2) is 88.9 Å². The molecular weight excluding hydrogens is 445 g/mol. The first-order chi connectivity index (χ1) is 14.4. The summed E-state index contributed by atoms with van der Waals surface area (Å²) in [5.41, 5.74) is 3.20. The number of nitrogens with zero attached hydrogens (tertiary/aromatic N) is 2. The number of benzene rings is 3. The summed E-state index contributed by atoms with van der Waals surface area (Å²) < 4.78 is 27.3. The summed E-state index contributed by atoms with van der Waals surface area (Å²) in [5.74, 6) is -0.627. The van der Waals surface area contributed by atoms with E-state index in [1.807, 2.05) is 0 Å². The van der Waals surface area contributed by atoms with Crippen LogP contribution in [0.2, 0.25) is 10.0 Å². The molecule has 3 aromatic rings. The van der Waals surface area contributed by atoms with Gasteiger partial charge in [0.2, 0.25) is 0 Å². The van der Waals surface area contributed by atoms with Crippen molar-refractivity contribution in [3.8, 4) is 0 Å². The Hall–Kier alpha value is -2.87. The molecule has 0 saturated carbocycles. The first kappa shape index (κ1) is 21.8. The fourth-order valence-corrected chi connectivity index (χ4v) is 4.39. The van der Waals surface area contributed by atoms with Gasteiger partial charge in [-0.15, -0.1) is 0 Å². The summed E-state index contributed by atoms with van der Waals surface area (Å²) in [7, 11) is -4.01. The average molecular weight is 462 g/mol. The van der Waals surface area contributed by atoms with E-state index in [4.69, 9.17) is 23.2 Å². The molecule has 0 aliphatic heterocycles. The predicted molar refractivity (Wildman–Crippen MR) is 120 cm³/mol. The minimum absolute atomic E-state index is 0.0531. The van der Waals surface area contributed by atoms with Gasteiger partial charge < -0.3 is 0 Å². The van der Waals surface area contributed by atoms with Crippen LogP contribution in [0.5, 0.6) is 0 Å². The normalized spacial score (nSPS) is 11.4. The van der Waals surface area contributed by atoms with Crippen molar-refractivity contribution in [1.82, 2.24) is 5.43 Å². The van der Waals surface area contributed by atoms with E-state index >= 15 is 0 Å². The first-order valence-electron chi connectivity index (χ1n) is 8.78. The van der Waals surface area contributed by atoms with E-state index < -0.39 is 22.5 Å². The van der Waals surface area contributed by atoms with Gasteiger partial charge in [0.05, 0.1) is 16.8 Å². The Balaban J connectivity index is 1.84. The van der Waals surface area contributed by atoms with Crippen molar-refractivity contribution in [2.45, 2.75) is 4.90 Å². The van der Waals surface area contributed by atoms with Gasteiger partial charge in [-0.25, -0.2) is 13.8 Å². The van der Waals surface area contributed by atoms with Crippen molar-refractivity contribution < 1.29 is 13.2 Å². The number of carbonyl (C=O) groups is 1. The molecule has 0 aliphatic carbocycles. The van der Waals surface area contributed by atoms with Crippen molar-refractivity contribution >= 4 is 51.0 Å². The monoisotopic (exact) mass is 461 g/mol. The molecule has 30 heavy (non-hydrogen) atoms. The van der Waals surface area contributed by atoms with Gasteiger partial charge in [-0.1, -0.05) is 65.7 Å². The van der Waals surface area contributed by atoms with E-state index in [1.54, 1.807) is 60.7 Å². The average Bonchev–Trinajstić information content (AvgIpc) is 2.74. The number of carbonyl (C=O) groups excluding carboxylic acids is 1. The molecule has 1 N–H and O–H groups in total. The highest BCUT2D eigenvalue weighted by Gasteiger charge is 2.27. The summed E-state index contributed by atoms with van der Waals surface area (Å²) in [6.07, 6.45) is 1.38. The lowest BCUT2D eigenvalue weighted by atomic mass is 10.2. The number of amides is 1. The fraction of sp³-hybridized carbons (Fsp3) is 0.0476. The van der Waals surface area contributed by atoms with E-state index in [9.17, 15) is 13.2 Å². The maximum atomic E-state index is 13.2. The first-order valence-corrected chi connectivity index (χ1v) is 11.0. The van der Waals surface area contributed by atoms with Crippen LogP contribution in [0.4, 0.5) is 5.69 Å². The van der Waals surface area contributed by atoms with Gasteiger partial charge in [0.15, 0.2) is 0 Å². The van der Waals surface area contributed by atoms with Gasteiger partial charge in [-0.2, -0.15) is 5.10 Å². The molecule has 3 rings (SSSR count). The standard InChI is InChI=1S/C21H17Cl2N3O3S/c22-17-8-6-9-18(13-17)26(30(28,29)19-10-2-1-3-11-19)15-21(27)25-24-14-16-7-4-5-12-20(16)23/h1-14H,15H2,(H,25,27)/b24-14-. The SMILES string of the molecule is O=C(CN(c1cccc(Cl)c1)S(=O)(=O)c1ccccc1)N/N=C\c1ccccc1Cl. The molecule has 3 aromatic carbocycles. The van der Waals surface area contributed by atoms with Crippen LogP contribution in [-0.2, 0) is 14.8 Å². The topological polar surface area (TPSA) is 78.8 Å². The van der Waals surface area contributed by atoms with Crippen LogP contribution >= 0.6 is 23.2 Å². The zero-order valence-electron chi connectivity index (χ0n) is 15.6. The van der Waals surface area contributed by atoms with Crippen LogP contribution in [-0.4, -0.2) is 27.1 Å². The second-order valence-corrected chi connectivity index (χ2v) is 8.83. The molecule has 0 bridgehead atoms. The molecule has 0 atom stereocenters. The molecule has 0 aromatic heterocycles. The highest BCUT2D eigenvalue weighted by molar-refractivity contribution is 7.92. The molecule has 0 fully saturated rings. The largest absolute Gasteiger partial charge is 0.271 e. The number of rotatable bonds is 7. The molecule has 0 heterocycles. The van der Waals surface area contributed by atoms with Crippen molar-refractivity contribution in [2.24, 2.45) is 5.10 Å². The number of hydrogen-bond donors (Lipinski definition) is 1. The van der Waals surface area contributed by atoms with E-state index in [0.29, 0.717) is 15.6 Å². The summed E-state index contributed by atoms with van der Waals surface area (Å²) in [5, 5.41) is 4.68. The summed E-state index contributed by atoms with van der Waals surface area (Å²) >= 11 is 12.1. The number of hydrazone groups is 1. The number of nitrogens with one attached hydrogen (secondary N) is 1. The molecule has 6 nitrogen and oxygen atoms in total. The Labute approximate surface area is 184 Å². The maximum Gasteiger partial charge on any atom is 0.264 e. The van der Waals surface area contributed by atoms with E-state index in [2.05, 4.69) is 10.5 Å². The van der Waals surface area contributed by atoms with Gasteiger partial charge in [0, 0.05) is 15.6 Å².